The standard InChI is InChI=1S/C57H35N3O2/c1-6-17-36(18-7-1)42-31-33-44(38-21-10-3-11-22-38)53-50(42)46-30-29-41(35-49(46)62-53)56-58-55(40-25-14-5-15-26-40)59-57(60-56)47-27-16-28-48-51(47)52-43(37-19-8-2-9-20-37)32-34-45(54(52)61-48)39-23-12-4-13-24-39/h1-35H. The van der Waals surface area contributed by atoms with Gasteiger partial charge in [0.1, 0.15) is 22.3 Å². The lowest BCUT2D eigenvalue weighted by atomic mass is 9.93. The second-order valence-electron chi connectivity index (χ2n) is 15.5. The summed E-state index contributed by atoms with van der Waals surface area (Å²) in [6.45, 7) is 0. The Bertz CT molecular complexity index is 3600. The fourth-order valence-electron chi connectivity index (χ4n) is 8.87. The van der Waals surface area contributed by atoms with Crippen molar-refractivity contribution in [3.8, 4) is 78.7 Å². The topological polar surface area (TPSA) is 65.0 Å². The highest BCUT2D eigenvalue weighted by Crippen LogP contribution is 2.46. The third kappa shape index (κ3) is 5.98. The molecule has 0 bridgehead atoms. The summed E-state index contributed by atoms with van der Waals surface area (Å²) in [5, 5.41) is 4.06. The van der Waals surface area contributed by atoms with Crippen LogP contribution >= 0.6 is 0 Å². The molecule has 0 aliphatic heterocycles. The molecule has 0 N–H and O–H groups in total. The summed E-state index contributed by atoms with van der Waals surface area (Å²) in [5.41, 5.74) is 14.4. The molecular formula is C57H35N3O2. The van der Waals surface area contributed by atoms with E-state index in [2.05, 4.69) is 146 Å². The fraction of sp³-hybridized carbons (Fsp3) is 0. The van der Waals surface area contributed by atoms with Crippen LogP contribution in [0.15, 0.2) is 221 Å². The normalized spacial score (nSPS) is 11.5. The van der Waals surface area contributed by atoms with Crippen LogP contribution in [0.2, 0.25) is 0 Å². The first-order chi connectivity index (χ1) is 30.7. The van der Waals surface area contributed by atoms with Crippen LogP contribution in [-0.2, 0) is 0 Å². The van der Waals surface area contributed by atoms with Gasteiger partial charge in [0.2, 0.25) is 0 Å². The average molecular weight is 794 g/mol. The molecule has 0 atom stereocenters. The van der Waals surface area contributed by atoms with Crippen LogP contribution in [0.25, 0.3) is 123 Å². The molecule has 12 rings (SSSR count). The summed E-state index contributed by atoms with van der Waals surface area (Å²) >= 11 is 0. The van der Waals surface area contributed by atoms with Gasteiger partial charge in [-0.2, -0.15) is 0 Å². The van der Waals surface area contributed by atoms with Crippen LogP contribution in [0.5, 0.6) is 0 Å². The summed E-state index contributed by atoms with van der Waals surface area (Å²) in [6.07, 6.45) is 0. The van der Waals surface area contributed by atoms with Crippen molar-refractivity contribution in [1.82, 2.24) is 15.0 Å². The Morgan fingerprint density at radius 1 is 0.258 bits per heavy atom. The number of aromatic nitrogens is 3. The number of hydrogen-bond acceptors (Lipinski definition) is 5. The van der Waals surface area contributed by atoms with Gasteiger partial charge in [-0.1, -0.05) is 182 Å². The quantitative estimate of drug-likeness (QED) is 0.161. The molecule has 0 unspecified atom stereocenters. The average Bonchev–Trinajstić information content (AvgIpc) is 3.94. The van der Waals surface area contributed by atoms with Crippen LogP contribution in [0.3, 0.4) is 0 Å². The van der Waals surface area contributed by atoms with Gasteiger partial charge in [0.05, 0.1) is 0 Å². The van der Waals surface area contributed by atoms with Crippen molar-refractivity contribution in [2.24, 2.45) is 0 Å². The van der Waals surface area contributed by atoms with E-state index in [4.69, 9.17) is 23.8 Å². The van der Waals surface area contributed by atoms with Gasteiger partial charge in [0, 0.05) is 49.4 Å². The Hall–Kier alpha value is -8.41. The number of nitrogens with zero attached hydrogens (tertiary/aromatic N) is 3. The van der Waals surface area contributed by atoms with Crippen LogP contribution in [0.1, 0.15) is 0 Å². The maximum Gasteiger partial charge on any atom is 0.164 e. The molecule has 5 nitrogen and oxygen atoms in total. The van der Waals surface area contributed by atoms with Crippen molar-refractivity contribution >= 4 is 43.9 Å². The molecule has 5 heteroatoms. The molecule has 0 amide bonds. The summed E-state index contributed by atoms with van der Waals surface area (Å²) in [6, 6.07) is 73.1. The van der Waals surface area contributed by atoms with Crippen molar-refractivity contribution in [1.29, 1.82) is 0 Å². The minimum atomic E-state index is 0.542. The lowest BCUT2D eigenvalue weighted by molar-refractivity contribution is 0.670. The molecule has 3 heterocycles. The first kappa shape index (κ1) is 35.5. The Balaban J connectivity index is 1.10. The Kier molecular flexibility index (Phi) is 8.42. The van der Waals surface area contributed by atoms with Crippen molar-refractivity contribution < 1.29 is 8.83 Å². The SMILES string of the molecule is c1ccc(-c2nc(-c3ccc4c(c3)oc3c(-c5ccccc5)ccc(-c5ccccc5)c34)nc(-c3cccc4oc5c(-c6ccccc6)ccc(-c6ccccc6)c5c34)n2)cc1. The van der Waals surface area contributed by atoms with Crippen LogP contribution in [-0.4, -0.2) is 15.0 Å². The highest BCUT2D eigenvalue weighted by molar-refractivity contribution is 6.20. The third-order valence-electron chi connectivity index (χ3n) is 11.8. The molecule has 0 spiro atoms. The third-order valence-corrected chi connectivity index (χ3v) is 11.8. The van der Waals surface area contributed by atoms with E-state index >= 15 is 0 Å². The number of furan rings is 2. The predicted molar refractivity (Wildman–Crippen MR) is 252 cm³/mol. The van der Waals surface area contributed by atoms with E-state index in [0.29, 0.717) is 17.5 Å². The maximum atomic E-state index is 6.91. The zero-order valence-electron chi connectivity index (χ0n) is 33.4. The first-order valence-electron chi connectivity index (χ1n) is 20.8. The molecule has 0 fully saturated rings. The van der Waals surface area contributed by atoms with Gasteiger partial charge >= 0.3 is 0 Å². The first-order valence-corrected chi connectivity index (χ1v) is 20.8. The molecule has 12 aromatic rings. The molecule has 0 saturated carbocycles. The molecule has 3 aromatic heterocycles. The Morgan fingerprint density at radius 3 is 1.26 bits per heavy atom. The van der Waals surface area contributed by atoms with Gasteiger partial charge < -0.3 is 8.83 Å². The van der Waals surface area contributed by atoms with E-state index < -0.39 is 0 Å². The van der Waals surface area contributed by atoms with E-state index in [9.17, 15) is 0 Å². The molecule has 290 valence electrons. The highest BCUT2D eigenvalue weighted by atomic mass is 16.3. The van der Waals surface area contributed by atoms with E-state index in [-0.39, 0.29) is 0 Å². The maximum absolute atomic E-state index is 6.91. The van der Waals surface area contributed by atoms with Gasteiger partial charge in [0.15, 0.2) is 17.5 Å². The second kappa shape index (κ2) is 14.7. The number of benzene rings is 9. The van der Waals surface area contributed by atoms with Crippen molar-refractivity contribution in [3.05, 3.63) is 212 Å². The lowest BCUT2D eigenvalue weighted by Gasteiger charge is -2.11. The lowest BCUT2D eigenvalue weighted by Crippen LogP contribution is -2.00. The smallest absolute Gasteiger partial charge is 0.164 e. The molecule has 62 heavy (non-hydrogen) atoms. The summed E-state index contributed by atoms with van der Waals surface area (Å²) in [7, 11) is 0. The molecular weight excluding hydrogens is 759 g/mol. The molecule has 0 radical (unpaired) electrons. The molecule has 0 aliphatic rings. The number of hydrogen-bond donors (Lipinski definition) is 0. The van der Waals surface area contributed by atoms with E-state index in [1.165, 1.54) is 0 Å². The van der Waals surface area contributed by atoms with Crippen molar-refractivity contribution in [2.75, 3.05) is 0 Å². The van der Waals surface area contributed by atoms with E-state index in [1.54, 1.807) is 0 Å². The summed E-state index contributed by atoms with van der Waals surface area (Å²) < 4.78 is 13.8. The minimum Gasteiger partial charge on any atom is -0.455 e. The van der Waals surface area contributed by atoms with Crippen molar-refractivity contribution in [3.63, 3.8) is 0 Å². The van der Waals surface area contributed by atoms with Crippen LogP contribution in [0, 0.1) is 0 Å². The molecule has 0 saturated heterocycles. The zero-order chi connectivity index (χ0) is 41.0. The van der Waals surface area contributed by atoms with Gasteiger partial charge in [-0.15, -0.1) is 0 Å². The molecule has 9 aromatic carbocycles. The van der Waals surface area contributed by atoms with Gasteiger partial charge in [-0.3, -0.25) is 0 Å². The zero-order valence-corrected chi connectivity index (χ0v) is 33.4. The molecule has 0 aliphatic carbocycles. The fourth-order valence-corrected chi connectivity index (χ4v) is 8.87. The Morgan fingerprint density at radius 2 is 0.694 bits per heavy atom. The number of rotatable bonds is 7. The van der Waals surface area contributed by atoms with E-state index in [0.717, 1.165) is 105 Å². The van der Waals surface area contributed by atoms with Gasteiger partial charge in [-0.05, 0) is 63.7 Å². The predicted octanol–water partition coefficient (Wildman–Crippen LogP) is 15.3. The monoisotopic (exact) mass is 793 g/mol. The highest BCUT2D eigenvalue weighted by Gasteiger charge is 2.23. The largest absolute Gasteiger partial charge is 0.455 e. The second-order valence-corrected chi connectivity index (χ2v) is 15.5. The minimum absolute atomic E-state index is 0.542. The van der Waals surface area contributed by atoms with Gasteiger partial charge in [0.25, 0.3) is 0 Å². The number of fused-ring (bicyclic) bond motifs is 6. The Labute approximate surface area is 357 Å². The van der Waals surface area contributed by atoms with Crippen LogP contribution in [0.4, 0.5) is 0 Å². The van der Waals surface area contributed by atoms with Gasteiger partial charge in [-0.25, -0.2) is 15.0 Å². The van der Waals surface area contributed by atoms with E-state index in [1.807, 2.05) is 66.7 Å². The summed E-state index contributed by atoms with van der Waals surface area (Å²) in [4.78, 5) is 15.7. The van der Waals surface area contributed by atoms with Crippen LogP contribution < -0.4 is 0 Å². The van der Waals surface area contributed by atoms with Crippen molar-refractivity contribution in [2.45, 2.75) is 0 Å². The summed E-state index contributed by atoms with van der Waals surface area (Å²) in [5.74, 6) is 1.67.